The highest BCUT2D eigenvalue weighted by Crippen LogP contribution is 2.28. The van der Waals surface area contributed by atoms with Crippen molar-refractivity contribution in [1.82, 2.24) is 14.5 Å². The van der Waals surface area contributed by atoms with E-state index in [1.165, 1.54) is 12.1 Å². The first-order valence-corrected chi connectivity index (χ1v) is 10.6. The Morgan fingerprint density at radius 1 is 1.23 bits per heavy atom. The number of fused-ring (bicyclic) bond motifs is 1. The summed E-state index contributed by atoms with van der Waals surface area (Å²) in [6.45, 7) is 5.15. The van der Waals surface area contributed by atoms with Crippen molar-refractivity contribution in [2.24, 2.45) is 5.73 Å². The highest BCUT2D eigenvalue weighted by molar-refractivity contribution is 5.80. The van der Waals surface area contributed by atoms with Crippen molar-refractivity contribution in [1.29, 1.82) is 0 Å². The molecule has 0 aliphatic carbocycles. The quantitative estimate of drug-likeness (QED) is 0.530. The number of halogens is 1. The number of benzene rings is 2. The number of imidazole rings is 1. The summed E-state index contributed by atoms with van der Waals surface area (Å²) in [5.41, 5.74) is 7.35. The molecule has 2 N–H and O–H groups in total. The van der Waals surface area contributed by atoms with Gasteiger partial charge in [-0.15, -0.1) is 0 Å². The van der Waals surface area contributed by atoms with E-state index in [0.717, 1.165) is 36.2 Å². The lowest BCUT2D eigenvalue weighted by Crippen LogP contribution is -2.40. The van der Waals surface area contributed by atoms with E-state index in [0.29, 0.717) is 37.8 Å². The molecule has 0 spiro atoms. The molecular weight excluding hydrogens is 399 g/mol. The van der Waals surface area contributed by atoms with Crippen molar-refractivity contribution in [3.8, 4) is 11.5 Å². The molecule has 0 saturated carbocycles. The van der Waals surface area contributed by atoms with Gasteiger partial charge < -0.3 is 19.8 Å². The van der Waals surface area contributed by atoms with Gasteiger partial charge >= 0.3 is 0 Å². The van der Waals surface area contributed by atoms with Gasteiger partial charge in [0, 0.05) is 19.2 Å². The normalized spacial score (nSPS) is 16.8. The Kier molecular flexibility index (Phi) is 6.48. The molecule has 1 amide bonds. The first-order valence-electron chi connectivity index (χ1n) is 10.6. The molecule has 0 unspecified atom stereocenters. The second-order valence-electron chi connectivity index (χ2n) is 7.61. The summed E-state index contributed by atoms with van der Waals surface area (Å²) in [4.78, 5) is 18.7. The standard InChI is InChI=1S/C23H27FN4O3/c1-2-30-13-12-28-21-14-18(31-17-7-5-16(24)6-8-17)9-10-19(21)26-22(28)15-27-11-3-4-20(27)23(25)29/h5-10,14,20H,2-4,11-13,15H2,1H3,(H2,25,29)/t20-/m0/s1. The molecule has 8 heteroatoms. The number of carbonyl (C=O) groups excluding carboxylic acids is 1. The van der Waals surface area contributed by atoms with Crippen LogP contribution in [0.1, 0.15) is 25.6 Å². The summed E-state index contributed by atoms with van der Waals surface area (Å²) in [6.07, 6.45) is 1.73. The highest BCUT2D eigenvalue weighted by atomic mass is 19.1. The summed E-state index contributed by atoms with van der Waals surface area (Å²) in [7, 11) is 0. The fraction of sp³-hybridized carbons (Fsp3) is 0.391. The second kappa shape index (κ2) is 9.45. The number of nitrogens with zero attached hydrogens (tertiary/aromatic N) is 3. The van der Waals surface area contributed by atoms with Crippen LogP contribution in [0.15, 0.2) is 42.5 Å². The summed E-state index contributed by atoms with van der Waals surface area (Å²) >= 11 is 0. The first kappa shape index (κ1) is 21.3. The third kappa shape index (κ3) is 4.86. The third-order valence-corrected chi connectivity index (χ3v) is 5.55. The Labute approximate surface area is 180 Å². The van der Waals surface area contributed by atoms with Gasteiger partial charge in [0.25, 0.3) is 0 Å². The summed E-state index contributed by atoms with van der Waals surface area (Å²) in [5, 5.41) is 0. The maximum atomic E-state index is 13.2. The smallest absolute Gasteiger partial charge is 0.234 e. The lowest BCUT2D eigenvalue weighted by atomic mass is 10.2. The van der Waals surface area contributed by atoms with Crippen LogP contribution in [0, 0.1) is 5.82 Å². The first-order chi connectivity index (χ1) is 15.0. The zero-order valence-electron chi connectivity index (χ0n) is 17.6. The molecule has 2 heterocycles. The minimum absolute atomic E-state index is 0.252. The molecule has 3 aromatic rings. The Balaban J connectivity index is 1.64. The number of likely N-dealkylation sites (tertiary alicyclic amines) is 1. The van der Waals surface area contributed by atoms with Gasteiger partial charge in [0.05, 0.1) is 30.2 Å². The molecule has 1 saturated heterocycles. The summed E-state index contributed by atoms with van der Waals surface area (Å²) in [5.74, 6) is 1.46. The number of rotatable bonds is 9. The van der Waals surface area contributed by atoms with Crippen molar-refractivity contribution >= 4 is 16.9 Å². The lowest BCUT2D eigenvalue weighted by molar-refractivity contribution is -0.122. The molecule has 0 bridgehead atoms. The van der Waals surface area contributed by atoms with E-state index in [4.69, 9.17) is 20.2 Å². The molecule has 1 aliphatic heterocycles. The van der Waals surface area contributed by atoms with Crippen LogP contribution in [0.2, 0.25) is 0 Å². The number of ether oxygens (including phenoxy) is 2. The van der Waals surface area contributed by atoms with Crippen LogP contribution in [-0.2, 0) is 22.6 Å². The van der Waals surface area contributed by atoms with Crippen LogP contribution in [0.3, 0.4) is 0 Å². The fourth-order valence-corrected chi connectivity index (χ4v) is 4.04. The van der Waals surface area contributed by atoms with E-state index >= 15 is 0 Å². The molecule has 1 aromatic heterocycles. The molecule has 1 atom stereocenters. The minimum Gasteiger partial charge on any atom is -0.457 e. The van der Waals surface area contributed by atoms with E-state index in [2.05, 4.69) is 9.47 Å². The van der Waals surface area contributed by atoms with Gasteiger partial charge in [-0.05, 0) is 62.7 Å². The molecule has 2 aromatic carbocycles. The van der Waals surface area contributed by atoms with Crippen LogP contribution >= 0.6 is 0 Å². The van der Waals surface area contributed by atoms with Crippen LogP contribution in [0.4, 0.5) is 4.39 Å². The monoisotopic (exact) mass is 426 g/mol. The van der Waals surface area contributed by atoms with Gasteiger partial charge in [0.1, 0.15) is 23.1 Å². The number of primary amides is 1. The molecule has 1 fully saturated rings. The summed E-state index contributed by atoms with van der Waals surface area (Å²) < 4.78 is 26.8. The Bertz CT molecular complexity index is 1050. The largest absolute Gasteiger partial charge is 0.457 e. The fourth-order valence-electron chi connectivity index (χ4n) is 4.04. The highest BCUT2D eigenvalue weighted by Gasteiger charge is 2.30. The van der Waals surface area contributed by atoms with Crippen LogP contribution in [0.5, 0.6) is 11.5 Å². The van der Waals surface area contributed by atoms with Gasteiger partial charge in [-0.25, -0.2) is 9.37 Å². The molecule has 164 valence electrons. The van der Waals surface area contributed by atoms with Crippen LogP contribution < -0.4 is 10.5 Å². The Hall–Kier alpha value is -2.97. The van der Waals surface area contributed by atoms with E-state index in [1.807, 2.05) is 25.1 Å². The van der Waals surface area contributed by atoms with Crippen molar-refractivity contribution < 1.29 is 18.7 Å². The number of carbonyl (C=O) groups is 1. The van der Waals surface area contributed by atoms with Gasteiger partial charge in [0.2, 0.25) is 5.91 Å². The SMILES string of the molecule is CCOCCn1c(CN2CCC[C@H]2C(N)=O)nc2ccc(Oc3ccc(F)cc3)cc21. The number of nitrogens with two attached hydrogens (primary N) is 1. The van der Waals surface area contributed by atoms with Gasteiger partial charge in [-0.3, -0.25) is 9.69 Å². The lowest BCUT2D eigenvalue weighted by Gasteiger charge is -2.22. The number of hydrogen-bond acceptors (Lipinski definition) is 5. The van der Waals surface area contributed by atoms with Crippen molar-refractivity contribution in [3.63, 3.8) is 0 Å². The molecule has 31 heavy (non-hydrogen) atoms. The van der Waals surface area contributed by atoms with Gasteiger partial charge in [-0.1, -0.05) is 0 Å². The molecular formula is C23H27FN4O3. The van der Waals surface area contributed by atoms with E-state index in [9.17, 15) is 9.18 Å². The summed E-state index contributed by atoms with van der Waals surface area (Å²) in [6, 6.07) is 11.3. The average molecular weight is 426 g/mol. The van der Waals surface area contributed by atoms with Crippen LogP contribution in [-0.4, -0.2) is 46.2 Å². The number of aromatic nitrogens is 2. The maximum Gasteiger partial charge on any atom is 0.234 e. The van der Waals surface area contributed by atoms with Gasteiger partial charge in [-0.2, -0.15) is 0 Å². The molecule has 0 radical (unpaired) electrons. The maximum absolute atomic E-state index is 13.2. The molecule has 7 nitrogen and oxygen atoms in total. The molecule has 4 rings (SSSR count). The number of amides is 1. The predicted molar refractivity (Wildman–Crippen MR) is 115 cm³/mol. The van der Waals surface area contributed by atoms with E-state index < -0.39 is 0 Å². The second-order valence-corrected chi connectivity index (χ2v) is 7.61. The zero-order chi connectivity index (χ0) is 21.8. The van der Waals surface area contributed by atoms with Crippen LogP contribution in [0.25, 0.3) is 11.0 Å². The van der Waals surface area contributed by atoms with Gasteiger partial charge in [0.15, 0.2) is 0 Å². The zero-order valence-corrected chi connectivity index (χ0v) is 17.6. The Morgan fingerprint density at radius 2 is 2.00 bits per heavy atom. The Morgan fingerprint density at radius 3 is 2.74 bits per heavy atom. The minimum atomic E-state index is -0.308. The topological polar surface area (TPSA) is 82.6 Å². The number of hydrogen-bond donors (Lipinski definition) is 1. The molecule has 1 aliphatic rings. The average Bonchev–Trinajstić information content (AvgIpc) is 3.35. The third-order valence-electron chi connectivity index (χ3n) is 5.55. The predicted octanol–water partition coefficient (Wildman–Crippen LogP) is 3.45. The van der Waals surface area contributed by atoms with Crippen molar-refractivity contribution in [2.75, 3.05) is 19.8 Å². The van der Waals surface area contributed by atoms with E-state index in [1.54, 1.807) is 12.1 Å². The van der Waals surface area contributed by atoms with E-state index in [-0.39, 0.29) is 17.8 Å². The van der Waals surface area contributed by atoms with Crippen molar-refractivity contribution in [2.45, 2.75) is 38.9 Å². The van der Waals surface area contributed by atoms with Crippen molar-refractivity contribution in [3.05, 3.63) is 54.1 Å².